The molecule has 468 valence electrons. The van der Waals surface area contributed by atoms with Gasteiger partial charge in [0.25, 0.3) is 0 Å². The van der Waals surface area contributed by atoms with Crippen LogP contribution in [0.5, 0.6) is 0 Å². The van der Waals surface area contributed by atoms with Gasteiger partial charge >= 0.3 is 17.9 Å². The van der Waals surface area contributed by atoms with Gasteiger partial charge in [0.05, 0.1) is 0 Å². The molecule has 0 N–H and O–H groups in total. The molecule has 6 heteroatoms. The first-order valence-corrected chi connectivity index (χ1v) is 34.0. The van der Waals surface area contributed by atoms with Crippen LogP contribution in [-0.2, 0) is 28.6 Å². The highest BCUT2D eigenvalue weighted by Gasteiger charge is 2.19. The highest BCUT2D eigenvalue weighted by atomic mass is 16.6. The summed E-state index contributed by atoms with van der Waals surface area (Å²) in [5.74, 6) is -0.939. The normalized spacial score (nSPS) is 13.1. The Bertz CT molecular complexity index is 1840. The highest BCUT2D eigenvalue weighted by molar-refractivity contribution is 5.71. The van der Waals surface area contributed by atoms with Gasteiger partial charge in [-0.1, -0.05) is 288 Å². The Hall–Kier alpha value is -4.97. The van der Waals surface area contributed by atoms with Crippen molar-refractivity contribution < 1.29 is 28.6 Å². The third-order valence-electron chi connectivity index (χ3n) is 14.0. The molecule has 6 nitrogen and oxygen atoms in total. The van der Waals surface area contributed by atoms with Crippen molar-refractivity contribution >= 4 is 17.9 Å². The molecule has 0 amide bonds. The SMILES string of the molecule is CC/C=C\C/C=C\C/C=C\C/C=C\C/C=C\CCCCCC(=O)OCC(COC(=O)CCCCCCCCCCCCCC/C=C\C/C=C\C/C=C\C/C=C\CC)OC(=O)CCCCCCCCCC/C=C\C/C=C\C/C=C\C/C=C\CC. The summed E-state index contributed by atoms with van der Waals surface area (Å²) in [5, 5.41) is 0. The molecular formula is C77H124O6. The molecule has 0 aliphatic rings. The van der Waals surface area contributed by atoms with Gasteiger partial charge in [-0.2, -0.15) is 0 Å². The molecule has 0 aliphatic heterocycles. The minimum atomic E-state index is -0.807. The lowest BCUT2D eigenvalue weighted by Gasteiger charge is -2.18. The highest BCUT2D eigenvalue weighted by Crippen LogP contribution is 2.16. The van der Waals surface area contributed by atoms with E-state index in [1.807, 2.05) is 0 Å². The van der Waals surface area contributed by atoms with E-state index in [0.29, 0.717) is 19.3 Å². The lowest BCUT2D eigenvalue weighted by molar-refractivity contribution is -0.167. The number of hydrogen-bond donors (Lipinski definition) is 0. The summed E-state index contributed by atoms with van der Waals surface area (Å²) in [4.78, 5) is 38.5. The fraction of sp³-hybridized carbons (Fsp3) is 0.623. The van der Waals surface area contributed by atoms with Crippen LogP contribution in [0.25, 0.3) is 0 Å². The van der Waals surface area contributed by atoms with E-state index in [0.717, 1.165) is 154 Å². The van der Waals surface area contributed by atoms with E-state index in [1.54, 1.807) is 0 Å². The van der Waals surface area contributed by atoms with Crippen LogP contribution in [0.1, 0.15) is 290 Å². The molecular weight excluding hydrogens is 1020 g/mol. The van der Waals surface area contributed by atoms with Gasteiger partial charge in [-0.25, -0.2) is 0 Å². The molecule has 0 bridgehead atoms. The summed E-state index contributed by atoms with van der Waals surface area (Å²) >= 11 is 0. The second-order valence-electron chi connectivity index (χ2n) is 21.9. The zero-order valence-electron chi connectivity index (χ0n) is 53.7. The van der Waals surface area contributed by atoms with Crippen LogP contribution in [0.15, 0.2) is 158 Å². The maximum atomic E-state index is 13.0. The van der Waals surface area contributed by atoms with Gasteiger partial charge in [0.15, 0.2) is 6.10 Å². The fourth-order valence-corrected chi connectivity index (χ4v) is 9.04. The second kappa shape index (κ2) is 69.5. The summed E-state index contributed by atoms with van der Waals surface area (Å²) < 4.78 is 17.0. The summed E-state index contributed by atoms with van der Waals surface area (Å²) in [5.41, 5.74) is 0. The minimum absolute atomic E-state index is 0.0985. The Morgan fingerprint density at radius 2 is 0.434 bits per heavy atom. The Morgan fingerprint density at radius 3 is 0.687 bits per heavy atom. The minimum Gasteiger partial charge on any atom is -0.462 e. The van der Waals surface area contributed by atoms with Crippen LogP contribution >= 0.6 is 0 Å². The monoisotopic (exact) mass is 1140 g/mol. The molecule has 0 saturated carbocycles. The maximum Gasteiger partial charge on any atom is 0.306 e. The van der Waals surface area contributed by atoms with Crippen LogP contribution in [0, 0.1) is 0 Å². The zero-order chi connectivity index (χ0) is 59.9. The molecule has 0 heterocycles. The maximum absolute atomic E-state index is 13.0. The molecule has 83 heavy (non-hydrogen) atoms. The number of hydrogen-bond acceptors (Lipinski definition) is 6. The second-order valence-corrected chi connectivity index (χ2v) is 21.9. The van der Waals surface area contributed by atoms with Gasteiger partial charge in [-0.15, -0.1) is 0 Å². The molecule has 0 rings (SSSR count). The van der Waals surface area contributed by atoms with Crippen molar-refractivity contribution in [1.82, 2.24) is 0 Å². The van der Waals surface area contributed by atoms with Crippen molar-refractivity contribution in [3.63, 3.8) is 0 Å². The predicted octanol–water partition coefficient (Wildman–Crippen LogP) is 23.7. The summed E-state index contributed by atoms with van der Waals surface area (Å²) in [6, 6.07) is 0. The summed E-state index contributed by atoms with van der Waals surface area (Å²) in [7, 11) is 0. The van der Waals surface area contributed by atoms with E-state index in [9.17, 15) is 14.4 Å². The summed E-state index contributed by atoms with van der Waals surface area (Å²) in [6.07, 6.45) is 101. The van der Waals surface area contributed by atoms with Crippen molar-refractivity contribution in [1.29, 1.82) is 0 Å². The van der Waals surface area contributed by atoms with E-state index in [1.165, 1.54) is 96.3 Å². The molecule has 1 unspecified atom stereocenters. The molecule has 1 atom stereocenters. The van der Waals surface area contributed by atoms with E-state index < -0.39 is 6.10 Å². The van der Waals surface area contributed by atoms with Gasteiger partial charge < -0.3 is 14.2 Å². The van der Waals surface area contributed by atoms with Crippen LogP contribution in [0.3, 0.4) is 0 Å². The third-order valence-corrected chi connectivity index (χ3v) is 14.0. The van der Waals surface area contributed by atoms with Crippen molar-refractivity contribution in [2.24, 2.45) is 0 Å². The van der Waals surface area contributed by atoms with E-state index in [-0.39, 0.29) is 31.1 Å². The largest absolute Gasteiger partial charge is 0.462 e. The number of carbonyl (C=O) groups is 3. The van der Waals surface area contributed by atoms with Gasteiger partial charge in [0, 0.05) is 19.3 Å². The Morgan fingerprint density at radius 1 is 0.241 bits per heavy atom. The molecule has 0 aromatic carbocycles. The number of esters is 3. The van der Waals surface area contributed by atoms with E-state index in [2.05, 4.69) is 179 Å². The molecule has 0 spiro atoms. The van der Waals surface area contributed by atoms with E-state index in [4.69, 9.17) is 14.2 Å². The average molecular weight is 1150 g/mol. The first kappa shape index (κ1) is 78.0. The van der Waals surface area contributed by atoms with Crippen LogP contribution in [-0.4, -0.2) is 37.2 Å². The molecule has 0 radical (unpaired) electrons. The summed E-state index contributed by atoms with van der Waals surface area (Å²) in [6.45, 7) is 6.28. The first-order chi connectivity index (χ1) is 41.0. The predicted molar refractivity (Wildman–Crippen MR) is 362 cm³/mol. The number of allylic oxidation sites excluding steroid dienone is 26. The van der Waals surface area contributed by atoms with Crippen LogP contribution in [0.4, 0.5) is 0 Å². The Balaban J connectivity index is 4.45. The Kier molecular flexibility index (Phi) is 65.4. The molecule has 0 aromatic heterocycles. The number of ether oxygens (including phenoxy) is 3. The first-order valence-electron chi connectivity index (χ1n) is 34.0. The number of rotatable bonds is 60. The smallest absolute Gasteiger partial charge is 0.306 e. The van der Waals surface area contributed by atoms with Gasteiger partial charge in [-0.3, -0.25) is 14.4 Å². The molecule has 0 aromatic rings. The quantitative estimate of drug-likeness (QED) is 0.0261. The molecule has 0 aliphatic carbocycles. The van der Waals surface area contributed by atoms with Crippen LogP contribution < -0.4 is 0 Å². The van der Waals surface area contributed by atoms with Gasteiger partial charge in [0.2, 0.25) is 0 Å². The topological polar surface area (TPSA) is 78.9 Å². The molecule has 0 saturated heterocycles. The van der Waals surface area contributed by atoms with Crippen molar-refractivity contribution in [3.05, 3.63) is 158 Å². The standard InChI is InChI=1S/C77H124O6/c1-4-7-10-13-16-19-22-25-28-31-34-36-37-38-39-41-43-46-49-52-55-58-61-64-67-70-76(79)82-73-74(72-81-75(78)69-66-63-60-57-54-51-48-45-42-33-30-27-24-21-18-15-12-9-6-3)83-77(80)71-68-65-62-59-56-53-50-47-44-40-35-32-29-26-23-20-17-14-11-8-5-2/h7-12,16-21,25-30,34-36,40,42,45,51,54,74H,4-6,13-15,22-24,31-33,37-39,41,43-44,46-50,52-53,55-73H2,1-3H3/b10-7-,11-8-,12-9-,19-16-,20-17-,21-18-,28-25-,29-26-,30-27-,36-34-,40-35-,45-42-,54-51-. The number of unbranched alkanes of at least 4 members (excludes halogenated alkanes) is 23. The zero-order valence-corrected chi connectivity index (χ0v) is 53.7. The van der Waals surface area contributed by atoms with E-state index >= 15 is 0 Å². The lowest BCUT2D eigenvalue weighted by atomic mass is 10.0. The van der Waals surface area contributed by atoms with Crippen LogP contribution in [0.2, 0.25) is 0 Å². The fourth-order valence-electron chi connectivity index (χ4n) is 9.04. The van der Waals surface area contributed by atoms with Crippen molar-refractivity contribution in [2.45, 2.75) is 297 Å². The average Bonchev–Trinajstić information content (AvgIpc) is 3.49. The number of carbonyl (C=O) groups excluding carboxylic acids is 3. The Labute approximate surface area is 511 Å². The van der Waals surface area contributed by atoms with Crippen molar-refractivity contribution in [2.75, 3.05) is 13.2 Å². The lowest BCUT2D eigenvalue weighted by Crippen LogP contribution is -2.30. The van der Waals surface area contributed by atoms with Gasteiger partial charge in [0.1, 0.15) is 13.2 Å². The third kappa shape index (κ3) is 67.7. The van der Waals surface area contributed by atoms with Crippen molar-refractivity contribution in [3.8, 4) is 0 Å². The molecule has 0 fully saturated rings. The van der Waals surface area contributed by atoms with Gasteiger partial charge in [-0.05, 0) is 141 Å².